The summed E-state index contributed by atoms with van der Waals surface area (Å²) in [4.78, 5) is 24.5. The van der Waals surface area contributed by atoms with E-state index in [4.69, 9.17) is 16.3 Å². The van der Waals surface area contributed by atoms with Crippen LogP contribution in [0.2, 0.25) is 5.02 Å². The van der Waals surface area contributed by atoms with E-state index in [1.54, 1.807) is 42.7 Å². The van der Waals surface area contributed by atoms with Crippen molar-refractivity contribution in [1.29, 1.82) is 0 Å². The van der Waals surface area contributed by atoms with Gasteiger partial charge in [-0.1, -0.05) is 11.6 Å². The Bertz CT molecular complexity index is 874. The highest BCUT2D eigenvalue weighted by molar-refractivity contribution is 6.30. The third-order valence-corrected chi connectivity index (χ3v) is 3.84. The fraction of sp³-hybridized carbons (Fsp3) is 0.158. The molecule has 0 radical (unpaired) electrons. The van der Waals surface area contributed by atoms with Crippen molar-refractivity contribution in [2.45, 2.75) is 6.10 Å². The molecule has 1 unspecified atom stereocenters. The van der Waals surface area contributed by atoms with E-state index < -0.39 is 6.10 Å². The fourth-order valence-electron chi connectivity index (χ4n) is 2.18. The van der Waals surface area contributed by atoms with E-state index in [1.807, 2.05) is 6.07 Å². The number of benzene rings is 1. The number of aliphatic hydroxyl groups is 1. The zero-order chi connectivity index (χ0) is 19.1. The molecule has 0 aliphatic heterocycles. The molecule has 7 nitrogen and oxygen atoms in total. The molecule has 1 aromatic carbocycles. The number of carbonyl (C=O) groups is 1. The van der Waals surface area contributed by atoms with Gasteiger partial charge in [-0.2, -0.15) is 0 Å². The van der Waals surface area contributed by atoms with Crippen LogP contribution in [0.1, 0.15) is 10.4 Å². The summed E-state index contributed by atoms with van der Waals surface area (Å²) in [5.74, 6) is 0.693. The number of nitrogens with one attached hydrogen (secondary N) is 1. The first-order valence-electron chi connectivity index (χ1n) is 8.19. The second-order valence-electron chi connectivity index (χ2n) is 5.67. The first-order valence-corrected chi connectivity index (χ1v) is 8.56. The first kappa shape index (κ1) is 18.8. The van der Waals surface area contributed by atoms with Gasteiger partial charge in [-0.25, -0.2) is 9.97 Å². The second kappa shape index (κ2) is 9.07. The molecule has 0 aliphatic carbocycles. The van der Waals surface area contributed by atoms with E-state index in [0.29, 0.717) is 22.2 Å². The lowest BCUT2D eigenvalue weighted by Crippen LogP contribution is -2.35. The van der Waals surface area contributed by atoms with Gasteiger partial charge >= 0.3 is 0 Å². The van der Waals surface area contributed by atoms with E-state index in [1.165, 1.54) is 12.4 Å². The molecule has 0 bridgehead atoms. The molecule has 0 fully saturated rings. The number of nitrogens with zero attached hydrogens (tertiary/aromatic N) is 3. The maximum absolute atomic E-state index is 12.1. The molecule has 0 saturated heterocycles. The molecule has 1 amide bonds. The second-order valence-corrected chi connectivity index (χ2v) is 6.10. The maximum Gasteiger partial charge on any atom is 0.254 e. The van der Waals surface area contributed by atoms with E-state index in [0.717, 1.165) is 5.56 Å². The van der Waals surface area contributed by atoms with Crippen LogP contribution in [-0.4, -0.2) is 45.2 Å². The van der Waals surface area contributed by atoms with Gasteiger partial charge in [0.2, 0.25) is 0 Å². The molecule has 2 N–H and O–H groups in total. The topological polar surface area (TPSA) is 97.2 Å². The van der Waals surface area contributed by atoms with Gasteiger partial charge in [0.05, 0.1) is 5.56 Å². The third kappa shape index (κ3) is 5.47. The van der Waals surface area contributed by atoms with Gasteiger partial charge in [-0.15, -0.1) is 0 Å². The number of hydrogen-bond acceptors (Lipinski definition) is 6. The maximum atomic E-state index is 12.1. The van der Waals surface area contributed by atoms with Crippen molar-refractivity contribution in [3.8, 4) is 17.1 Å². The summed E-state index contributed by atoms with van der Waals surface area (Å²) in [7, 11) is 0. The lowest BCUT2D eigenvalue weighted by atomic mass is 10.2. The van der Waals surface area contributed by atoms with Gasteiger partial charge in [0, 0.05) is 41.9 Å². The van der Waals surface area contributed by atoms with Gasteiger partial charge in [0.15, 0.2) is 5.82 Å². The predicted octanol–water partition coefficient (Wildman–Crippen LogP) is 2.36. The van der Waals surface area contributed by atoms with Crippen molar-refractivity contribution < 1.29 is 14.6 Å². The highest BCUT2D eigenvalue weighted by Gasteiger charge is 2.11. The van der Waals surface area contributed by atoms with Crippen LogP contribution < -0.4 is 10.1 Å². The highest BCUT2D eigenvalue weighted by Crippen LogP contribution is 2.15. The van der Waals surface area contributed by atoms with Crippen molar-refractivity contribution >= 4 is 17.5 Å². The van der Waals surface area contributed by atoms with Crippen LogP contribution in [0.15, 0.2) is 61.2 Å². The number of aromatic nitrogens is 3. The normalized spacial score (nSPS) is 11.6. The minimum atomic E-state index is -0.861. The molecular formula is C19H17ClN4O3. The molecule has 0 spiro atoms. The largest absolute Gasteiger partial charge is 0.491 e. The molecule has 3 aromatic rings. The summed E-state index contributed by atoms with van der Waals surface area (Å²) in [6, 6.07) is 10.4. The van der Waals surface area contributed by atoms with Gasteiger partial charge in [0.1, 0.15) is 18.5 Å². The van der Waals surface area contributed by atoms with E-state index >= 15 is 0 Å². The van der Waals surface area contributed by atoms with Crippen LogP contribution in [0.3, 0.4) is 0 Å². The zero-order valence-electron chi connectivity index (χ0n) is 14.2. The Balaban J connectivity index is 1.47. The summed E-state index contributed by atoms with van der Waals surface area (Å²) >= 11 is 5.80. The van der Waals surface area contributed by atoms with Gasteiger partial charge in [-0.05, 0) is 36.4 Å². The minimum Gasteiger partial charge on any atom is -0.491 e. The number of hydrogen-bond donors (Lipinski definition) is 2. The molecule has 2 aromatic heterocycles. The van der Waals surface area contributed by atoms with Crippen molar-refractivity contribution in [3.05, 3.63) is 71.8 Å². The highest BCUT2D eigenvalue weighted by atomic mass is 35.5. The number of carbonyl (C=O) groups excluding carboxylic acids is 1. The number of pyridine rings is 1. The number of amides is 1. The lowest BCUT2D eigenvalue weighted by Gasteiger charge is -2.13. The quantitative estimate of drug-likeness (QED) is 0.649. The Morgan fingerprint density at radius 3 is 2.56 bits per heavy atom. The Hall–Kier alpha value is -3.03. The molecule has 8 heteroatoms. The average molecular weight is 385 g/mol. The third-order valence-electron chi connectivity index (χ3n) is 3.59. The molecule has 27 heavy (non-hydrogen) atoms. The summed E-state index contributed by atoms with van der Waals surface area (Å²) in [5.41, 5.74) is 1.06. The summed E-state index contributed by atoms with van der Waals surface area (Å²) < 4.78 is 5.43. The smallest absolute Gasteiger partial charge is 0.254 e. The first-order chi connectivity index (χ1) is 13.1. The van der Waals surface area contributed by atoms with Crippen LogP contribution in [0.5, 0.6) is 5.75 Å². The average Bonchev–Trinajstić information content (AvgIpc) is 2.72. The fourth-order valence-corrected chi connectivity index (χ4v) is 2.31. The van der Waals surface area contributed by atoms with Crippen LogP contribution in [0.25, 0.3) is 11.4 Å². The van der Waals surface area contributed by atoms with Crippen LogP contribution in [-0.2, 0) is 0 Å². The van der Waals surface area contributed by atoms with Crippen LogP contribution in [0, 0.1) is 0 Å². The molecule has 0 saturated carbocycles. The number of halogens is 1. The molecule has 138 valence electrons. The van der Waals surface area contributed by atoms with Gasteiger partial charge in [-0.3, -0.25) is 9.78 Å². The number of rotatable bonds is 7. The van der Waals surface area contributed by atoms with Crippen molar-refractivity contribution in [1.82, 2.24) is 20.3 Å². The van der Waals surface area contributed by atoms with Crippen molar-refractivity contribution in [3.63, 3.8) is 0 Å². The van der Waals surface area contributed by atoms with E-state index in [2.05, 4.69) is 20.3 Å². The number of aliphatic hydroxyl groups excluding tert-OH is 1. The molecule has 3 rings (SSSR count). The standard InChI is InChI=1S/C19H17ClN4O3/c20-15-3-5-17(6-4-15)27-12-16(25)11-24-19(26)14-9-22-18(23-10-14)13-2-1-7-21-8-13/h1-10,16,25H,11-12H2,(H,24,26). The zero-order valence-corrected chi connectivity index (χ0v) is 15.0. The molecule has 0 aliphatic rings. The predicted molar refractivity (Wildman–Crippen MR) is 101 cm³/mol. The van der Waals surface area contributed by atoms with Gasteiger partial charge < -0.3 is 15.2 Å². The Morgan fingerprint density at radius 2 is 1.89 bits per heavy atom. The summed E-state index contributed by atoms with van der Waals surface area (Å²) in [6.45, 7) is 0.0785. The lowest BCUT2D eigenvalue weighted by molar-refractivity contribution is 0.0843. The minimum absolute atomic E-state index is 0.0385. The van der Waals surface area contributed by atoms with Crippen molar-refractivity contribution in [2.24, 2.45) is 0 Å². The molecular weight excluding hydrogens is 368 g/mol. The van der Waals surface area contributed by atoms with E-state index in [-0.39, 0.29) is 19.1 Å². The Kier molecular flexibility index (Phi) is 6.30. The number of ether oxygens (including phenoxy) is 1. The molecule has 2 heterocycles. The van der Waals surface area contributed by atoms with E-state index in [9.17, 15) is 9.90 Å². The van der Waals surface area contributed by atoms with Crippen LogP contribution in [0.4, 0.5) is 0 Å². The molecule has 1 atom stereocenters. The SMILES string of the molecule is O=C(NCC(O)COc1ccc(Cl)cc1)c1cnc(-c2cccnc2)nc1. The Morgan fingerprint density at radius 1 is 1.15 bits per heavy atom. The van der Waals surface area contributed by atoms with Crippen LogP contribution >= 0.6 is 11.6 Å². The Labute approximate surface area is 161 Å². The monoisotopic (exact) mass is 384 g/mol. The summed E-state index contributed by atoms with van der Waals surface area (Å²) in [6.07, 6.45) is 5.31. The van der Waals surface area contributed by atoms with Crippen molar-refractivity contribution in [2.75, 3.05) is 13.2 Å². The van der Waals surface area contributed by atoms with Gasteiger partial charge in [0.25, 0.3) is 5.91 Å². The summed E-state index contributed by atoms with van der Waals surface area (Å²) in [5, 5.41) is 13.2.